The molecule has 0 radical (unpaired) electrons. The third-order valence-corrected chi connectivity index (χ3v) is 7.36. The summed E-state index contributed by atoms with van der Waals surface area (Å²) in [6.45, 7) is 0. The molecule has 2 atom stereocenters. The molecule has 8 heteroatoms. The van der Waals surface area contributed by atoms with Crippen molar-refractivity contribution < 1.29 is 4.79 Å². The number of nitrogens with zero attached hydrogens (tertiary/aromatic N) is 2. The molecule has 2 aliphatic rings. The lowest BCUT2D eigenvalue weighted by Gasteiger charge is -2.32. The van der Waals surface area contributed by atoms with E-state index in [4.69, 9.17) is 22.3 Å². The average Bonchev–Trinajstić information content (AvgIpc) is 3.25. The highest BCUT2D eigenvalue weighted by molar-refractivity contribution is 6.33. The zero-order chi connectivity index (χ0) is 22.8. The van der Waals surface area contributed by atoms with Crippen LogP contribution in [0.5, 0.6) is 0 Å². The summed E-state index contributed by atoms with van der Waals surface area (Å²) in [6, 6.07) is 8.74. The van der Waals surface area contributed by atoms with Crippen molar-refractivity contribution >= 4 is 34.4 Å². The summed E-state index contributed by atoms with van der Waals surface area (Å²) < 4.78 is 0. The zero-order valence-corrected chi connectivity index (χ0v) is 19.4. The van der Waals surface area contributed by atoms with Crippen LogP contribution in [0.2, 0.25) is 5.02 Å². The van der Waals surface area contributed by atoms with Gasteiger partial charge in [-0.3, -0.25) is 4.79 Å². The van der Waals surface area contributed by atoms with Crippen LogP contribution < -0.4 is 16.4 Å². The number of carbonyl (C=O) groups is 1. The summed E-state index contributed by atoms with van der Waals surface area (Å²) in [4.78, 5) is 25.2. The van der Waals surface area contributed by atoms with Gasteiger partial charge in [0.25, 0.3) is 0 Å². The number of para-hydroxylation sites is 1. The molecule has 3 aromatic rings. The van der Waals surface area contributed by atoms with Crippen LogP contribution in [0.25, 0.3) is 22.2 Å². The van der Waals surface area contributed by atoms with Crippen molar-refractivity contribution in [3.8, 4) is 11.3 Å². The number of nitrogens with two attached hydrogens (primary N) is 1. The predicted molar refractivity (Wildman–Crippen MR) is 132 cm³/mol. The Labute approximate surface area is 198 Å². The van der Waals surface area contributed by atoms with Gasteiger partial charge in [-0.1, -0.05) is 29.8 Å². The third kappa shape index (κ3) is 4.99. The molecule has 2 aromatic heterocycles. The van der Waals surface area contributed by atoms with E-state index in [1.807, 2.05) is 24.4 Å². The Morgan fingerprint density at radius 3 is 2.73 bits per heavy atom. The molecule has 0 unspecified atom stereocenters. The zero-order valence-electron chi connectivity index (χ0n) is 18.7. The number of hydrogen-bond acceptors (Lipinski definition) is 5. The molecule has 2 aliphatic carbocycles. The fourth-order valence-corrected chi connectivity index (χ4v) is 5.42. The van der Waals surface area contributed by atoms with E-state index in [1.54, 1.807) is 6.20 Å². The molecule has 5 N–H and O–H groups in total. The Hall–Kier alpha value is -2.64. The van der Waals surface area contributed by atoms with E-state index in [1.165, 1.54) is 0 Å². The van der Waals surface area contributed by atoms with E-state index >= 15 is 0 Å². The number of halogens is 1. The number of fused-ring (bicyclic) bond motifs is 1. The summed E-state index contributed by atoms with van der Waals surface area (Å²) in [5, 5.41) is 8.38. The van der Waals surface area contributed by atoms with Crippen LogP contribution in [0.1, 0.15) is 51.4 Å². The molecule has 33 heavy (non-hydrogen) atoms. The molecule has 0 spiro atoms. The van der Waals surface area contributed by atoms with E-state index in [0.717, 1.165) is 67.8 Å². The maximum Gasteiger partial charge on any atom is 0.223 e. The SMILES string of the molecule is NC1CCC(C(=O)N[C@H]2CCC[C@@H](Nc3ncc(Cl)c(-c4c[nH]c5ccccc45)n3)C2)CC1. The molecule has 2 heterocycles. The molecule has 0 saturated heterocycles. The van der Waals surface area contributed by atoms with Gasteiger partial charge in [-0.15, -0.1) is 0 Å². The van der Waals surface area contributed by atoms with E-state index in [2.05, 4.69) is 26.7 Å². The van der Waals surface area contributed by atoms with Gasteiger partial charge < -0.3 is 21.4 Å². The van der Waals surface area contributed by atoms with Crippen LogP contribution in [0.4, 0.5) is 5.95 Å². The van der Waals surface area contributed by atoms with E-state index in [9.17, 15) is 4.79 Å². The van der Waals surface area contributed by atoms with Gasteiger partial charge in [-0.05, 0) is 57.4 Å². The molecule has 2 fully saturated rings. The number of anilines is 1. The number of aromatic amines is 1. The average molecular weight is 467 g/mol. The van der Waals surface area contributed by atoms with Crippen LogP contribution in [0, 0.1) is 5.92 Å². The number of aromatic nitrogens is 3. The summed E-state index contributed by atoms with van der Waals surface area (Å²) >= 11 is 6.47. The van der Waals surface area contributed by atoms with Crippen molar-refractivity contribution in [3.05, 3.63) is 41.7 Å². The van der Waals surface area contributed by atoms with Gasteiger partial charge in [0.05, 0.1) is 16.9 Å². The van der Waals surface area contributed by atoms with Crippen molar-refractivity contribution in [1.29, 1.82) is 0 Å². The van der Waals surface area contributed by atoms with Gasteiger partial charge >= 0.3 is 0 Å². The van der Waals surface area contributed by atoms with Crippen LogP contribution in [-0.4, -0.2) is 39.0 Å². The number of amides is 1. The van der Waals surface area contributed by atoms with Gasteiger partial charge in [0.15, 0.2) is 0 Å². The Kier molecular flexibility index (Phi) is 6.51. The largest absolute Gasteiger partial charge is 0.360 e. The minimum Gasteiger partial charge on any atom is -0.360 e. The topological polar surface area (TPSA) is 109 Å². The smallest absolute Gasteiger partial charge is 0.223 e. The van der Waals surface area contributed by atoms with Crippen molar-refractivity contribution in [2.45, 2.75) is 69.5 Å². The quantitative estimate of drug-likeness (QED) is 0.438. The first-order chi connectivity index (χ1) is 16.1. The lowest BCUT2D eigenvalue weighted by Crippen LogP contribution is -2.45. The first-order valence-corrected chi connectivity index (χ1v) is 12.4. The number of carbonyl (C=O) groups excluding carboxylic acids is 1. The lowest BCUT2D eigenvalue weighted by molar-refractivity contribution is -0.126. The Balaban J connectivity index is 1.25. The minimum atomic E-state index is 0.108. The maximum absolute atomic E-state index is 12.7. The second kappa shape index (κ2) is 9.69. The number of H-pyrrole nitrogens is 1. The van der Waals surface area contributed by atoms with Crippen LogP contribution in [-0.2, 0) is 4.79 Å². The Morgan fingerprint density at radius 1 is 1.09 bits per heavy atom. The Bertz CT molecular complexity index is 1120. The normalized spacial score (nSPS) is 25.6. The highest BCUT2D eigenvalue weighted by Gasteiger charge is 2.29. The lowest BCUT2D eigenvalue weighted by atomic mass is 9.85. The van der Waals surface area contributed by atoms with Gasteiger partial charge in [0, 0.05) is 46.7 Å². The fraction of sp³-hybridized carbons (Fsp3) is 0.480. The van der Waals surface area contributed by atoms with Gasteiger partial charge in [0.1, 0.15) is 0 Å². The standard InChI is InChI=1S/C25H31ClN6O/c26-21-14-29-25(32-23(21)20-13-28-22-7-2-1-6-19(20)22)31-18-5-3-4-17(12-18)30-24(33)15-8-10-16(27)11-9-15/h1-2,6-7,13-18,28H,3-5,8-12,27H2,(H,30,33)(H,29,31,32)/t15?,16?,17-,18+/m0/s1. The third-order valence-electron chi connectivity index (χ3n) is 7.08. The molecule has 7 nitrogen and oxygen atoms in total. The summed E-state index contributed by atoms with van der Waals surface area (Å²) in [7, 11) is 0. The van der Waals surface area contributed by atoms with Crippen molar-refractivity contribution in [2.24, 2.45) is 11.7 Å². The molecule has 0 bridgehead atoms. The number of benzene rings is 1. The molecular formula is C25H31ClN6O. The number of nitrogens with one attached hydrogen (secondary N) is 3. The second-order valence-corrected chi connectivity index (χ2v) is 9.87. The highest BCUT2D eigenvalue weighted by atomic mass is 35.5. The molecule has 2 saturated carbocycles. The van der Waals surface area contributed by atoms with E-state index < -0.39 is 0 Å². The van der Waals surface area contributed by atoms with E-state index in [0.29, 0.717) is 16.7 Å². The molecule has 0 aliphatic heterocycles. The van der Waals surface area contributed by atoms with Crippen molar-refractivity contribution in [2.75, 3.05) is 5.32 Å². The predicted octanol–water partition coefficient (Wildman–Crippen LogP) is 4.64. The molecule has 174 valence electrons. The Morgan fingerprint density at radius 2 is 1.88 bits per heavy atom. The molecule has 1 aromatic carbocycles. The summed E-state index contributed by atoms with van der Waals surface area (Å²) in [6.07, 6.45) is 11.2. The van der Waals surface area contributed by atoms with E-state index in [-0.39, 0.29) is 30.0 Å². The van der Waals surface area contributed by atoms with Gasteiger partial charge in [-0.2, -0.15) is 0 Å². The second-order valence-electron chi connectivity index (χ2n) is 9.46. The first kappa shape index (κ1) is 22.2. The van der Waals surface area contributed by atoms with Crippen molar-refractivity contribution in [1.82, 2.24) is 20.3 Å². The maximum atomic E-state index is 12.7. The highest BCUT2D eigenvalue weighted by Crippen LogP contribution is 2.33. The summed E-state index contributed by atoms with van der Waals surface area (Å²) in [5.74, 6) is 0.867. The van der Waals surface area contributed by atoms with Gasteiger partial charge in [0.2, 0.25) is 11.9 Å². The number of rotatable bonds is 5. The minimum absolute atomic E-state index is 0.108. The van der Waals surface area contributed by atoms with Crippen LogP contribution >= 0.6 is 11.6 Å². The van der Waals surface area contributed by atoms with Crippen LogP contribution in [0.15, 0.2) is 36.7 Å². The molecule has 5 rings (SSSR count). The van der Waals surface area contributed by atoms with Crippen molar-refractivity contribution in [3.63, 3.8) is 0 Å². The monoisotopic (exact) mass is 466 g/mol. The summed E-state index contributed by atoms with van der Waals surface area (Å²) in [5.41, 5.74) is 8.70. The van der Waals surface area contributed by atoms with Gasteiger partial charge in [-0.25, -0.2) is 9.97 Å². The molecular weight excluding hydrogens is 436 g/mol. The first-order valence-electron chi connectivity index (χ1n) is 12.0. The van der Waals surface area contributed by atoms with Crippen LogP contribution in [0.3, 0.4) is 0 Å². The number of hydrogen-bond donors (Lipinski definition) is 4. The molecule has 1 amide bonds. The fourth-order valence-electron chi connectivity index (χ4n) is 5.23.